The third-order valence-electron chi connectivity index (χ3n) is 2.39. The van der Waals surface area contributed by atoms with E-state index in [-0.39, 0.29) is 29.5 Å². The predicted octanol–water partition coefficient (Wildman–Crippen LogP) is 1.78. The maximum atomic E-state index is 12.0. The summed E-state index contributed by atoms with van der Waals surface area (Å²) in [5.74, 6) is -0.943. The Labute approximate surface area is 137 Å². The average molecular weight is 395 g/mol. The van der Waals surface area contributed by atoms with E-state index in [0.29, 0.717) is 10.0 Å². The van der Waals surface area contributed by atoms with Crippen molar-refractivity contribution in [3.05, 3.63) is 28.2 Å². The second-order valence-electron chi connectivity index (χ2n) is 4.03. The first-order valence-corrected chi connectivity index (χ1v) is 8.86. The molecule has 0 aliphatic heterocycles. The Morgan fingerprint density at radius 2 is 2.14 bits per heavy atom. The first kappa shape index (κ1) is 17.9. The summed E-state index contributed by atoms with van der Waals surface area (Å²) in [4.78, 5) is 11.3. The third kappa shape index (κ3) is 5.98. The fourth-order valence-corrected chi connectivity index (χ4v) is 3.07. The summed E-state index contributed by atoms with van der Waals surface area (Å²) in [6.07, 6.45) is -0.223. The third-order valence-corrected chi connectivity index (χ3v) is 4.38. The van der Waals surface area contributed by atoms with Crippen molar-refractivity contribution in [1.29, 1.82) is 0 Å². The van der Waals surface area contributed by atoms with Gasteiger partial charge in [-0.3, -0.25) is 9.52 Å². The van der Waals surface area contributed by atoms with Gasteiger partial charge in [0.2, 0.25) is 10.0 Å². The Bertz CT molecular complexity index is 647. The molecule has 1 aromatic rings. The Hall–Kier alpha value is -1.19. The number of halogens is 1. The van der Waals surface area contributed by atoms with Crippen LogP contribution in [0.4, 0.5) is 5.69 Å². The number of thiocarbonyl (C=S) groups is 1. The van der Waals surface area contributed by atoms with E-state index in [1.807, 2.05) is 0 Å². The molecule has 6 nitrogen and oxygen atoms in total. The Morgan fingerprint density at radius 1 is 1.48 bits per heavy atom. The molecule has 0 aliphatic rings. The molecule has 3 N–H and O–H groups in total. The predicted molar refractivity (Wildman–Crippen MR) is 88.7 cm³/mol. The van der Waals surface area contributed by atoms with Crippen LogP contribution in [-0.4, -0.2) is 31.7 Å². The van der Waals surface area contributed by atoms with Gasteiger partial charge in [-0.2, -0.15) is 0 Å². The molecule has 0 aromatic heterocycles. The Balaban J connectivity index is 2.86. The minimum absolute atomic E-state index is 0.0746. The zero-order chi connectivity index (χ0) is 16.0. The van der Waals surface area contributed by atoms with Gasteiger partial charge in [-0.15, -0.1) is 0 Å². The highest BCUT2D eigenvalue weighted by molar-refractivity contribution is 9.10. The minimum atomic E-state index is -3.71. The van der Waals surface area contributed by atoms with Crippen molar-refractivity contribution in [2.75, 3.05) is 17.1 Å². The van der Waals surface area contributed by atoms with E-state index in [0.717, 1.165) is 0 Å². The molecule has 116 valence electrons. The van der Waals surface area contributed by atoms with Gasteiger partial charge in [-0.25, -0.2) is 8.42 Å². The van der Waals surface area contributed by atoms with Crippen molar-refractivity contribution in [3.8, 4) is 0 Å². The van der Waals surface area contributed by atoms with Crippen LogP contribution in [0.5, 0.6) is 0 Å². The molecule has 0 fully saturated rings. The molecule has 0 atom stereocenters. The van der Waals surface area contributed by atoms with Crippen molar-refractivity contribution in [3.63, 3.8) is 0 Å². The number of ether oxygens (including phenoxy) is 1. The van der Waals surface area contributed by atoms with E-state index >= 15 is 0 Å². The molecule has 1 aromatic carbocycles. The van der Waals surface area contributed by atoms with Crippen LogP contribution in [0.3, 0.4) is 0 Å². The molecular weight excluding hydrogens is 380 g/mol. The van der Waals surface area contributed by atoms with Crippen LogP contribution in [0.2, 0.25) is 0 Å². The van der Waals surface area contributed by atoms with Gasteiger partial charge in [-0.1, -0.05) is 28.1 Å². The number of hydrogen-bond acceptors (Lipinski definition) is 5. The summed E-state index contributed by atoms with van der Waals surface area (Å²) < 4.78 is 31.7. The molecule has 9 heteroatoms. The molecule has 0 saturated heterocycles. The van der Waals surface area contributed by atoms with Crippen molar-refractivity contribution in [1.82, 2.24) is 0 Å². The van der Waals surface area contributed by atoms with Crippen LogP contribution in [0.1, 0.15) is 18.9 Å². The van der Waals surface area contributed by atoms with Gasteiger partial charge in [0.1, 0.15) is 4.99 Å². The number of hydrogen-bond donors (Lipinski definition) is 2. The van der Waals surface area contributed by atoms with Crippen LogP contribution >= 0.6 is 28.1 Å². The second kappa shape index (κ2) is 7.71. The molecule has 0 aliphatic carbocycles. The van der Waals surface area contributed by atoms with Crippen LogP contribution in [0.15, 0.2) is 22.7 Å². The summed E-state index contributed by atoms with van der Waals surface area (Å²) in [6, 6.07) is 4.86. The smallest absolute Gasteiger partial charge is 0.306 e. The number of anilines is 1. The molecule has 0 saturated carbocycles. The van der Waals surface area contributed by atoms with E-state index < -0.39 is 16.0 Å². The van der Waals surface area contributed by atoms with Gasteiger partial charge in [0.25, 0.3) is 0 Å². The Morgan fingerprint density at radius 3 is 2.71 bits per heavy atom. The first-order chi connectivity index (χ1) is 9.75. The molecule has 21 heavy (non-hydrogen) atoms. The zero-order valence-electron chi connectivity index (χ0n) is 11.3. The Kier molecular flexibility index (Phi) is 6.56. The number of rotatable bonds is 7. The molecule has 0 unspecified atom stereocenters. The van der Waals surface area contributed by atoms with E-state index in [1.165, 1.54) is 0 Å². The van der Waals surface area contributed by atoms with E-state index in [4.69, 9.17) is 18.0 Å². The van der Waals surface area contributed by atoms with Crippen molar-refractivity contribution >= 4 is 54.8 Å². The van der Waals surface area contributed by atoms with Gasteiger partial charge in [0.15, 0.2) is 0 Å². The summed E-state index contributed by atoms with van der Waals surface area (Å²) in [5.41, 5.74) is 6.23. The molecule has 0 heterocycles. The molecule has 0 bridgehead atoms. The largest absolute Gasteiger partial charge is 0.466 e. The normalized spacial score (nSPS) is 11.0. The van der Waals surface area contributed by atoms with E-state index in [9.17, 15) is 13.2 Å². The van der Waals surface area contributed by atoms with Crippen molar-refractivity contribution in [2.45, 2.75) is 13.3 Å². The van der Waals surface area contributed by atoms with E-state index in [2.05, 4.69) is 25.4 Å². The molecule has 1 rings (SSSR count). The fourth-order valence-electron chi connectivity index (χ4n) is 1.49. The highest BCUT2D eigenvalue weighted by Crippen LogP contribution is 2.22. The fraction of sp³-hybridized carbons (Fsp3) is 0.333. The van der Waals surface area contributed by atoms with Gasteiger partial charge >= 0.3 is 5.97 Å². The highest BCUT2D eigenvalue weighted by atomic mass is 79.9. The number of nitrogens with one attached hydrogen (secondary N) is 1. The van der Waals surface area contributed by atoms with Crippen LogP contribution < -0.4 is 10.5 Å². The molecular formula is C12H15BrN2O4S2. The lowest BCUT2D eigenvalue weighted by atomic mass is 10.2. The summed E-state index contributed by atoms with van der Waals surface area (Å²) >= 11 is 8.12. The number of nitrogens with two attached hydrogens (primary N) is 1. The standard InChI is InChI=1S/C12H15BrN2O4S2/c1-2-19-11(16)5-6-21(17,18)15-10-7-8(13)3-4-9(10)12(14)20/h3-4,7,15H,2,5-6H2,1H3,(H2,14,20). The monoisotopic (exact) mass is 394 g/mol. The van der Waals surface area contributed by atoms with Crippen LogP contribution in [0.25, 0.3) is 0 Å². The summed E-state index contributed by atoms with van der Waals surface area (Å²) in [6.45, 7) is 1.87. The topological polar surface area (TPSA) is 98.5 Å². The number of esters is 1. The zero-order valence-corrected chi connectivity index (χ0v) is 14.5. The lowest BCUT2D eigenvalue weighted by Gasteiger charge is -2.12. The van der Waals surface area contributed by atoms with Gasteiger partial charge < -0.3 is 10.5 Å². The highest BCUT2D eigenvalue weighted by Gasteiger charge is 2.17. The second-order valence-corrected chi connectivity index (χ2v) is 7.23. The molecule has 0 radical (unpaired) electrons. The average Bonchev–Trinajstić information content (AvgIpc) is 2.36. The lowest BCUT2D eigenvalue weighted by molar-refractivity contribution is -0.142. The quantitative estimate of drug-likeness (QED) is 0.540. The number of sulfonamides is 1. The van der Waals surface area contributed by atoms with Crippen molar-refractivity contribution < 1.29 is 17.9 Å². The minimum Gasteiger partial charge on any atom is -0.466 e. The molecule has 0 amide bonds. The van der Waals surface area contributed by atoms with Crippen LogP contribution in [-0.2, 0) is 19.6 Å². The van der Waals surface area contributed by atoms with Gasteiger partial charge in [-0.05, 0) is 25.1 Å². The summed E-state index contributed by atoms with van der Waals surface area (Å²) in [7, 11) is -3.71. The lowest BCUT2D eigenvalue weighted by Crippen LogP contribution is -2.22. The SMILES string of the molecule is CCOC(=O)CCS(=O)(=O)Nc1cc(Br)ccc1C(N)=S. The summed E-state index contributed by atoms with van der Waals surface area (Å²) in [5, 5.41) is 0. The van der Waals surface area contributed by atoms with Crippen molar-refractivity contribution in [2.24, 2.45) is 5.73 Å². The maximum absolute atomic E-state index is 12.0. The number of benzene rings is 1. The van der Waals surface area contributed by atoms with Gasteiger partial charge in [0.05, 0.1) is 24.5 Å². The maximum Gasteiger partial charge on any atom is 0.306 e. The number of carbonyl (C=O) groups is 1. The van der Waals surface area contributed by atoms with Gasteiger partial charge in [0, 0.05) is 10.0 Å². The van der Waals surface area contributed by atoms with Crippen LogP contribution in [0, 0.1) is 0 Å². The van der Waals surface area contributed by atoms with E-state index in [1.54, 1.807) is 25.1 Å². The molecule has 0 spiro atoms. The first-order valence-electron chi connectivity index (χ1n) is 6.00. The number of carbonyl (C=O) groups excluding carboxylic acids is 1.